The summed E-state index contributed by atoms with van der Waals surface area (Å²) in [4.78, 5) is 12.6. The van der Waals surface area contributed by atoms with Gasteiger partial charge in [0.05, 0.1) is 29.7 Å². The first kappa shape index (κ1) is 21.0. The van der Waals surface area contributed by atoms with Gasteiger partial charge in [0, 0.05) is 26.2 Å². The van der Waals surface area contributed by atoms with E-state index in [9.17, 15) is 13.2 Å². The molecule has 0 saturated heterocycles. The number of ether oxygens (including phenoxy) is 2. The van der Waals surface area contributed by atoms with Crippen molar-refractivity contribution in [1.82, 2.24) is 9.62 Å². The van der Waals surface area contributed by atoms with Crippen LogP contribution in [0.15, 0.2) is 41.3 Å². The SMILES string of the molecule is COc1cccc(CNC(=O)c2cc(S(=O)(=O)N(C)C)ccc2Cl)c1OC. The summed E-state index contributed by atoms with van der Waals surface area (Å²) in [6.45, 7) is 0.153. The maximum atomic E-state index is 12.6. The molecule has 0 heterocycles. The lowest BCUT2D eigenvalue weighted by Gasteiger charge is -2.15. The van der Waals surface area contributed by atoms with Crippen LogP contribution in [0.1, 0.15) is 15.9 Å². The van der Waals surface area contributed by atoms with Crippen molar-refractivity contribution >= 4 is 27.5 Å². The maximum absolute atomic E-state index is 12.6. The average Bonchev–Trinajstić information content (AvgIpc) is 2.65. The molecule has 0 fully saturated rings. The molecule has 0 radical (unpaired) electrons. The highest BCUT2D eigenvalue weighted by Crippen LogP contribution is 2.30. The first-order valence-corrected chi connectivity index (χ1v) is 9.74. The second-order valence-electron chi connectivity index (χ2n) is 5.76. The lowest BCUT2D eigenvalue weighted by molar-refractivity contribution is 0.0950. The summed E-state index contributed by atoms with van der Waals surface area (Å²) >= 11 is 6.09. The largest absolute Gasteiger partial charge is 0.493 e. The molecule has 0 aromatic heterocycles. The fourth-order valence-corrected chi connectivity index (χ4v) is 3.55. The number of carbonyl (C=O) groups is 1. The number of methoxy groups -OCH3 is 2. The number of hydrogen-bond donors (Lipinski definition) is 1. The highest BCUT2D eigenvalue weighted by Gasteiger charge is 2.21. The molecule has 0 aliphatic carbocycles. The van der Waals surface area contributed by atoms with Gasteiger partial charge in [-0.1, -0.05) is 23.7 Å². The van der Waals surface area contributed by atoms with E-state index in [4.69, 9.17) is 21.1 Å². The van der Waals surface area contributed by atoms with Crippen LogP contribution in [0, 0.1) is 0 Å². The monoisotopic (exact) mass is 412 g/mol. The standard InChI is InChI=1S/C18H21ClN2O5S/c1-21(2)27(23,24)13-8-9-15(19)14(10-13)18(22)20-11-12-6-5-7-16(25-3)17(12)26-4/h5-10H,11H2,1-4H3,(H,20,22). The highest BCUT2D eigenvalue weighted by molar-refractivity contribution is 7.89. The van der Waals surface area contributed by atoms with Gasteiger partial charge < -0.3 is 14.8 Å². The molecule has 2 rings (SSSR count). The van der Waals surface area contributed by atoms with E-state index in [1.54, 1.807) is 18.2 Å². The van der Waals surface area contributed by atoms with Gasteiger partial charge in [-0.15, -0.1) is 0 Å². The Morgan fingerprint density at radius 2 is 1.85 bits per heavy atom. The van der Waals surface area contributed by atoms with E-state index < -0.39 is 15.9 Å². The summed E-state index contributed by atoms with van der Waals surface area (Å²) in [5, 5.41) is 2.88. The number of nitrogens with zero attached hydrogens (tertiary/aromatic N) is 1. The molecule has 7 nitrogen and oxygen atoms in total. The van der Waals surface area contributed by atoms with E-state index >= 15 is 0 Å². The van der Waals surface area contributed by atoms with Gasteiger partial charge in [0.15, 0.2) is 11.5 Å². The van der Waals surface area contributed by atoms with Crippen molar-refractivity contribution in [2.24, 2.45) is 0 Å². The van der Waals surface area contributed by atoms with Gasteiger partial charge in [0.1, 0.15) is 0 Å². The predicted octanol–water partition coefficient (Wildman–Crippen LogP) is 2.54. The van der Waals surface area contributed by atoms with Crippen LogP contribution in [0.25, 0.3) is 0 Å². The number of amides is 1. The molecule has 0 saturated carbocycles. The molecular formula is C18H21ClN2O5S. The molecule has 2 aromatic rings. The Morgan fingerprint density at radius 3 is 2.44 bits per heavy atom. The lowest BCUT2D eigenvalue weighted by Crippen LogP contribution is -2.25. The molecule has 0 aliphatic heterocycles. The van der Waals surface area contributed by atoms with Crippen molar-refractivity contribution in [2.45, 2.75) is 11.4 Å². The normalized spacial score (nSPS) is 11.3. The van der Waals surface area contributed by atoms with Crippen molar-refractivity contribution in [1.29, 1.82) is 0 Å². The van der Waals surface area contributed by atoms with Crippen molar-refractivity contribution in [3.05, 3.63) is 52.5 Å². The van der Waals surface area contributed by atoms with Crippen LogP contribution in [-0.2, 0) is 16.6 Å². The summed E-state index contributed by atoms with van der Waals surface area (Å²) in [7, 11) is 2.19. The van der Waals surface area contributed by atoms with Crippen LogP contribution in [0.5, 0.6) is 11.5 Å². The summed E-state index contributed by atoms with van der Waals surface area (Å²) in [5.41, 5.74) is 0.778. The van der Waals surface area contributed by atoms with E-state index in [1.807, 2.05) is 0 Å². The molecular weight excluding hydrogens is 392 g/mol. The summed E-state index contributed by atoms with van der Waals surface area (Å²) in [6.07, 6.45) is 0. The minimum absolute atomic E-state index is 0.0130. The molecule has 0 aliphatic rings. The van der Waals surface area contributed by atoms with Crippen LogP contribution < -0.4 is 14.8 Å². The summed E-state index contributed by atoms with van der Waals surface area (Å²) in [5.74, 6) is 0.553. The molecule has 1 N–H and O–H groups in total. The molecule has 0 unspecified atom stereocenters. The van der Waals surface area contributed by atoms with Crippen molar-refractivity contribution in [3.63, 3.8) is 0 Å². The van der Waals surface area contributed by atoms with Gasteiger partial charge in [0.2, 0.25) is 10.0 Å². The van der Waals surface area contributed by atoms with Gasteiger partial charge in [-0.25, -0.2) is 12.7 Å². The number of halogens is 1. The Labute approximate surface area is 163 Å². The van der Waals surface area contributed by atoms with Crippen LogP contribution in [0.2, 0.25) is 5.02 Å². The lowest BCUT2D eigenvalue weighted by atomic mass is 10.1. The first-order chi connectivity index (χ1) is 12.7. The molecule has 27 heavy (non-hydrogen) atoms. The van der Waals surface area contributed by atoms with Gasteiger partial charge >= 0.3 is 0 Å². The first-order valence-electron chi connectivity index (χ1n) is 7.92. The average molecular weight is 413 g/mol. The van der Waals surface area contributed by atoms with E-state index in [2.05, 4.69) is 5.32 Å². The molecule has 0 bridgehead atoms. The number of nitrogens with one attached hydrogen (secondary N) is 1. The molecule has 146 valence electrons. The quantitative estimate of drug-likeness (QED) is 0.755. The number of para-hydroxylation sites is 1. The zero-order valence-electron chi connectivity index (χ0n) is 15.4. The second-order valence-corrected chi connectivity index (χ2v) is 8.32. The van der Waals surface area contributed by atoms with Crippen LogP contribution in [-0.4, -0.2) is 46.9 Å². The minimum Gasteiger partial charge on any atom is -0.493 e. The van der Waals surface area contributed by atoms with Crippen LogP contribution >= 0.6 is 11.6 Å². The number of carbonyl (C=O) groups excluding carboxylic acids is 1. The number of hydrogen-bond acceptors (Lipinski definition) is 5. The Bertz CT molecular complexity index is 945. The Morgan fingerprint density at radius 1 is 1.15 bits per heavy atom. The zero-order valence-corrected chi connectivity index (χ0v) is 17.0. The molecule has 1 amide bonds. The second kappa shape index (κ2) is 8.60. The number of sulfonamides is 1. The van der Waals surface area contributed by atoms with E-state index in [1.165, 1.54) is 46.5 Å². The summed E-state index contributed by atoms with van der Waals surface area (Å²) < 4.78 is 36.2. The van der Waals surface area contributed by atoms with E-state index in [0.717, 1.165) is 4.31 Å². The van der Waals surface area contributed by atoms with Gasteiger partial charge in [-0.3, -0.25) is 4.79 Å². The van der Waals surface area contributed by atoms with Crippen molar-refractivity contribution < 1.29 is 22.7 Å². The number of rotatable bonds is 7. The van der Waals surface area contributed by atoms with Gasteiger partial charge in [0.25, 0.3) is 5.91 Å². The third-order valence-corrected chi connectivity index (χ3v) is 6.03. The predicted molar refractivity (Wildman–Crippen MR) is 103 cm³/mol. The van der Waals surface area contributed by atoms with E-state index in [0.29, 0.717) is 17.1 Å². The minimum atomic E-state index is -3.68. The zero-order chi connectivity index (χ0) is 20.2. The molecule has 0 atom stereocenters. The molecule has 2 aromatic carbocycles. The van der Waals surface area contributed by atoms with Gasteiger partial charge in [-0.05, 0) is 24.3 Å². The Hall–Kier alpha value is -2.29. The van der Waals surface area contributed by atoms with Gasteiger partial charge in [-0.2, -0.15) is 0 Å². The maximum Gasteiger partial charge on any atom is 0.253 e. The van der Waals surface area contributed by atoms with Crippen molar-refractivity contribution in [3.8, 4) is 11.5 Å². The number of benzene rings is 2. The fraction of sp³-hybridized carbons (Fsp3) is 0.278. The third kappa shape index (κ3) is 4.52. The van der Waals surface area contributed by atoms with Crippen LogP contribution in [0.3, 0.4) is 0 Å². The Balaban J connectivity index is 2.27. The summed E-state index contributed by atoms with van der Waals surface area (Å²) in [6, 6.07) is 9.32. The van der Waals surface area contributed by atoms with Crippen molar-refractivity contribution in [2.75, 3.05) is 28.3 Å². The smallest absolute Gasteiger partial charge is 0.253 e. The molecule has 0 spiro atoms. The topological polar surface area (TPSA) is 84.9 Å². The van der Waals surface area contributed by atoms with E-state index in [-0.39, 0.29) is 22.0 Å². The molecule has 9 heteroatoms. The fourth-order valence-electron chi connectivity index (χ4n) is 2.41. The third-order valence-electron chi connectivity index (χ3n) is 3.88. The highest BCUT2D eigenvalue weighted by atomic mass is 35.5. The Kier molecular flexibility index (Phi) is 6.69. The van der Waals surface area contributed by atoms with Crippen LogP contribution in [0.4, 0.5) is 0 Å².